The van der Waals surface area contributed by atoms with E-state index in [0.717, 1.165) is 128 Å². The van der Waals surface area contributed by atoms with Crippen LogP contribution in [0.3, 0.4) is 0 Å². The van der Waals surface area contributed by atoms with Gasteiger partial charge in [-0.15, -0.1) is 11.6 Å². The van der Waals surface area contributed by atoms with Crippen molar-refractivity contribution < 1.29 is 62.1 Å². The van der Waals surface area contributed by atoms with Crippen LogP contribution in [0.1, 0.15) is 72.3 Å². The smallest absolute Gasteiger partial charge is 0.870 e. The van der Waals surface area contributed by atoms with E-state index in [2.05, 4.69) is 89.2 Å². The number of hydrogen-bond donors (Lipinski definition) is 3. The quantitative estimate of drug-likeness (QED) is 0.0672. The molecule has 1 aliphatic rings. The first-order valence-electron chi connectivity index (χ1n) is 41.0. The molecule has 0 amide bonds. The average molecular weight is 2080 g/mol. The molecule has 0 atom stereocenters. The summed E-state index contributed by atoms with van der Waals surface area (Å²) in [5.74, 6) is 0.553. The molecule has 38 heteroatoms. The van der Waals surface area contributed by atoms with Gasteiger partial charge in [-0.3, -0.25) is 53.4 Å². The standard InChI is InChI=1S/C28H22ClN5O3S.C21H16ClN5O.C15H13BN2O3S.C13H9BrClN3.C7H5BrN2.C7H6Cl2.C6H14O2.Na.H2O/c1-18-3-9-22(10-4-18)38(36,37)34-12-11-23-24(17-32(2)28(35)27(23)34)20-13-26-25(30-14-20)15-31-33(26)16-19-5-7-21(29)8-6-19;1-26-12-17(16-6-7-23-20(16)21(26)28)14-8-19-18(24-9-14)10-25-27(19)11-13-2-4-15(22)5-3-13;1-10-3-5-11(6-4-10)22(20,21)18-8-7-12-13(16)9-17(2)15(19)14(12)18;14-10-5-13-12(16-6-10)7-17-18(13)8-9-1-3-11(15)4-2-9;8-6-1-5-2-9-4-7(5)10-3-6;8-5-6-1-3-7(9)4-2-6;1-5(2,7)6(3,4)8;;/h3-15,17H,16H2,1-2H3;2-10,12,23H,11H2,1H3;3-9H,1-2H3;1-7H,8H2;1,3-4H,2H2;1-4H,5H2;7-8H,1-4H3;;1H2/q;;;;;;;+1;/p-1. The van der Waals surface area contributed by atoms with Crippen LogP contribution in [0, 0.1) is 13.8 Å². The minimum absolute atomic E-state index is 0. The molecule has 19 aromatic rings. The monoisotopic (exact) mass is 2080 g/mol. The first-order valence-corrected chi connectivity index (χ1v) is 47.5. The summed E-state index contributed by atoms with van der Waals surface area (Å²) in [6, 6.07) is 56.8. The maximum atomic E-state index is 13.5. The molecule has 684 valence electrons. The number of nitrogens with zero attached hydrogens (tertiary/aromatic N) is 16. The molecule has 27 nitrogen and oxygen atoms in total. The van der Waals surface area contributed by atoms with Gasteiger partial charge in [0.15, 0.2) is 0 Å². The fraction of sp³-hybridized carbons (Fsp3) is 0.165. The summed E-state index contributed by atoms with van der Waals surface area (Å²) < 4.78 is 66.5. The van der Waals surface area contributed by atoms with Crippen LogP contribution >= 0.6 is 89.9 Å². The Balaban J connectivity index is 0.000000151. The van der Waals surface area contributed by atoms with Gasteiger partial charge in [-0.1, -0.05) is 136 Å². The number of H-pyrrole nitrogens is 1. The van der Waals surface area contributed by atoms with E-state index in [4.69, 9.17) is 76.1 Å². The molecule has 0 unspecified atom stereocenters. The Kier molecular flexibility index (Phi) is 33.3. The average Bonchev–Trinajstić information content (AvgIpc) is 1.61. The number of aromatic nitrogens is 16. The molecule has 0 fully saturated rings. The minimum Gasteiger partial charge on any atom is -0.870 e. The van der Waals surface area contributed by atoms with Crippen molar-refractivity contribution in [2.45, 2.75) is 94.6 Å². The van der Waals surface area contributed by atoms with Crippen molar-refractivity contribution in [1.29, 1.82) is 0 Å². The third-order valence-corrected chi connectivity index (χ3v) is 27.4. The molecule has 0 saturated heterocycles. The number of alkyl halides is 1. The van der Waals surface area contributed by atoms with E-state index in [1.165, 1.54) is 58.5 Å². The predicted molar refractivity (Wildman–Crippen MR) is 540 cm³/mol. The molecule has 4 N–H and O–H groups in total. The molecular weight excluding hydrogens is 2000 g/mol. The number of pyridine rings is 7. The number of aliphatic imine (C=N–C) groups is 1. The third-order valence-electron chi connectivity index (χ3n) is 21.9. The predicted octanol–water partition coefficient (Wildman–Crippen LogP) is 15.8. The van der Waals surface area contributed by atoms with E-state index >= 15 is 0 Å². The summed E-state index contributed by atoms with van der Waals surface area (Å²) in [6.45, 7) is 12.7. The van der Waals surface area contributed by atoms with Gasteiger partial charge in [-0.05, 0) is 211 Å². The molecular formula is C97H86BBr2Cl5N17NaO10S2. The molecule has 0 saturated carbocycles. The Morgan fingerprint density at radius 3 is 1.26 bits per heavy atom. The first-order chi connectivity index (χ1) is 63.3. The second kappa shape index (κ2) is 43.8. The number of hydrogen-bond acceptors (Lipinski definition) is 18. The number of aliphatic hydroxyl groups is 2. The Morgan fingerprint density at radius 2 is 0.830 bits per heavy atom. The summed E-state index contributed by atoms with van der Waals surface area (Å²) in [5, 5.41) is 36.3. The number of benzene rings is 6. The molecule has 14 heterocycles. The van der Waals surface area contributed by atoms with E-state index < -0.39 is 42.4 Å². The van der Waals surface area contributed by atoms with E-state index in [1.807, 2.05) is 162 Å². The Bertz CT molecular complexity index is 7970. The first kappa shape index (κ1) is 103. The molecule has 6 aromatic carbocycles. The van der Waals surface area contributed by atoms with Gasteiger partial charge in [-0.2, -0.15) is 15.3 Å². The minimum atomic E-state index is -3.98. The second-order valence-corrected chi connectivity index (χ2v) is 39.7. The SMILES string of the molecule is Brc1cnc2c(c1)CN=C2.CC(C)(O)C(C)(C)O.Cc1ccc(S(=O)(=O)n2ccc3c(-c4cnc5cnn(Cc6ccc(Cl)cc6)c5c4)cn(C)c(=O)c32)cc1.ClCc1ccc(Cl)cc1.Clc1ccc(Cn2ncc3ncc(Br)cc32)cc1.Cn1cc(-c2cnc3cnn(Cc4ccc(Cl)cc4)c3c2)c2cc[nH]c2c1=O.[B]c1cn(C)c(=O)c2c1ccn2S(=O)(=O)c1ccc(C)cc1.[Na+].[OH-]. The van der Waals surface area contributed by atoms with Gasteiger partial charge in [0, 0.05) is 168 Å². The summed E-state index contributed by atoms with van der Waals surface area (Å²) in [4.78, 5) is 62.8. The van der Waals surface area contributed by atoms with Crippen molar-refractivity contribution in [2.75, 3.05) is 0 Å². The molecule has 2 radical (unpaired) electrons. The normalized spacial score (nSPS) is 11.7. The Hall–Kier alpha value is -11.3. The van der Waals surface area contributed by atoms with Gasteiger partial charge >= 0.3 is 29.6 Å². The number of rotatable bonds is 14. The van der Waals surface area contributed by atoms with Crippen LogP contribution in [0.25, 0.3) is 88.1 Å². The van der Waals surface area contributed by atoms with Crippen LogP contribution in [-0.2, 0) is 73.2 Å². The zero-order valence-corrected chi connectivity index (χ0v) is 85.0. The van der Waals surface area contributed by atoms with Crippen molar-refractivity contribution in [3.8, 4) is 22.3 Å². The summed E-state index contributed by atoms with van der Waals surface area (Å²) >= 11 is 35.8. The van der Waals surface area contributed by atoms with E-state index in [9.17, 15) is 31.2 Å². The van der Waals surface area contributed by atoms with Crippen molar-refractivity contribution in [3.05, 3.63) is 373 Å². The van der Waals surface area contributed by atoms with Crippen LogP contribution in [0.4, 0.5) is 0 Å². The van der Waals surface area contributed by atoms with Crippen molar-refractivity contribution in [1.82, 2.24) is 75.9 Å². The molecule has 13 aromatic heterocycles. The summed E-state index contributed by atoms with van der Waals surface area (Å²) in [5.41, 5.74) is 15.2. The molecule has 0 spiro atoms. The molecule has 20 rings (SSSR count). The van der Waals surface area contributed by atoms with Crippen LogP contribution in [0.2, 0.25) is 20.1 Å². The van der Waals surface area contributed by atoms with Gasteiger partial charge in [-0.25, -0.2) is 24.8 Å². The zero-order chi connectivity index (χ0) is 95.1. The molecule has 135 heavy (non-hydrogen) atoms. The summed E-state index contributed by atoms with van der Waals surface area (Å²) in [6.07, 6.45) is 23.8. The topological polar surface area (TPSA) is 348 Å². The third kappa shape index (κ3) is 24.0. The molecule has 1 aliphatic heterocycles. The maximum Gasteiger partial charge on any atom is 1.00 e. The van der Waals surface area contributed by atoms with Crippen molar-refractivity contribution in [3.63, 3.8) is 0 Å². The Morgan fingerprint density at radius 1 is 0.459 bits per heavy atom. The van der Waals surface area contributed by atoms with Crippen molar-refractivity contribution >= 4 is 195 Å². The number of halogens is 7. The maximum absolute atomic E-state index is 13.5. The van der Waals surface area contributed by atoms with Crippen LogP contribution < -0.4 is 51.7 Å². The van der Waals surface area contributed by atoms with E-state index in [-0.39, 0.29) is 61.4 Å². The number of aromatic amines is 1. The fourth-order valence-electron chi connectivity index (χ4n) is 13.8. The van der Waals surface area contributed by atoms with Crippen molar-refractivity contribution in [2.24, 2.45) is 26.1 Å². The van der Waals surface area contributed by atoms with Gasteiger partial charge < -0.3 is 34.4 Å². The Labute approximate surface area is 841 Å². The van der Waals surface area contributed by atoms with Gasteiger partial charge in [0.1, 0.15) is 40.9 Å². The molecule has 0 bridgehead atoms. The van der Waals surface area contributed by atoms with Gasteiger partial charge in [0.2, 0.25) is 0 Å². The van der Waals surface area contributed by atoms with E-state index in [1.54, 1.807) is 138 Å². The van der Waals surface area contributed by atoms with Crippen LogP contribution in [0.5, 0.6) is 0 Å². The van der Waals surface area contributed by atoms with Crippen LogP contribution in [-0.4, -0.2) is 134 Å². The number of aryl methyl sites for hydroxylation is 5. The zero-order valence-electron chi connectivity index (χ0n) is 74.4. The number of nitrogens with one attached hydrogen (secondary N) is 1. The van der Waals surface area contributed by atoms with Gasteiger partial charge in [0.25, 0.3) is 36.7 Å². The summed E-state index contributed by atoms with van der Waals surface area (Å²) in [7, 11) is 2.94. The number of fused-ring (bicyclic) bond motifs is 7. The van der Waals surface area contributed by atoms with Crippen LogP contribution in [0.15, 0.2) is 307 Å². The van der Waals surface area contributed by atoms with Gasteiger partial charge in [0.05, 0.1) is 88.0 Å². The largest absolute Gasteiger partial charge is 1.00 e. The van der Waals surface area contributed by atoms with E-state index in [0.29, 0.717) is 62.9 Å². The fourth-order valence-corrected chi connectivity index (χ4v) is 17.9. The molecule has 0 aliphatic carbocycles. The second-order valence-electron chi connectivity index (χ2n) is 32.2.